The molecule has 0 bridgehead atoms. The van der Waals surface area contributed by atoms with Gasteiger partial charge in [0.25, 0.3) is 0 Å². The molecule has 3 aromatic carbocycles. The Morgan fingerprint density at radius 1 is 0.931 bits per heavy atom. The first-order valence-electron chi connectivity index (χ1n) is 9.44. The van der Waals surface area contributed by atoms with E-state index in [0.29, 0.717) is 5.56 Å². The van der Waals surface area contributed by atoms with Gasteiger partial charge in [0, 0.05) is 6.54 Å². The standard InChI is InChI=1S/C23H22FNO3S/c1-17-7-13-22(14-8-17)29(26,27)25-16-21(15-24)28-23(25)20-11-9-19(10-12-20)18-5-3-2-4-6-18/h2-14,21,23H,15-16H2,1H3. The number of benzene rings is 3. The van der Waals surface area contributed by atoms with Gasteiger partial charge in [-0.2, -0.15) is 4.31 Å². The topological polar surface area (TPSA) is 46.6 Å². The van der Waals surface area contributed by atoms with E-state index < -0.39 is 29.0 Å². The summed E-state index contributed by atoms with van der Waals surface area (Å²) in [5.74, 6) is 0. The number of hydrogen-bond donors (Lipinski definition) is 0. The van der Waals surface area contributed by atoms with Crippen LogP contribution in [0.4, 0.5) is 4.39 Å². The van der Waals surface area contributed by atoms with Crippen LogP contribution in [0.3, 0.4) is 0 Å². The Morgan fingerprint density at radius 2 is 1.55 bits per heavy atom. The zero-order chi connectivity index (χ0) is 20.4. The van der Waals surface area contributed by atoms with Crippen LogP contribution in [0, 0.1) is 6.92 Å². The number of sulfonamides is 1. The summed E-state index contributed by atoms with van der Waals surface area (Å²) < 4.78 is 46.8. The third-order valence-electron chi connectivity index (χ3n) is 5.07. The zero-order valence-electron chi connectivity index (χ0n) is 16.0. The summed E-state index contributed by atoms with van der Waals surface area (Å²) in [7, 11) is -3.82. The molecule has 1 fully saturated rings. The number of nitrogens with zero attached hydrogens (tertiary/aromatic N) is 1. The predicted molar refractivity (Wildman–Crippen MR) is 111 cm³/mol. The molecule has 2 atom stereocenters. The van der Waals surface area contributed by atoms with Crippen LogP contribution in [0.2, 0.25) is 0 Å². The summed E-state index contributed by atoms with van der Waals surface area (Å²) in [4.78, 5) is 0.178. The van der Waals surface area contributed by atoms with Crippen molar-refractivity contribution >= 4 is 10.0 Å². The monoisotopic (exact) mass is 411 g/mol. The molecule has 2 unspecified atom stereocenters. The van der Waals surface area contributed by atoms with Crippen LogP contribution in [-0.2, 0) is 14.8 Å². The maximum atomic E-state index is 13.3. The summed E-state index contributed by atoms with van der Waals surface area (Å²) in [5, 5.41) is 0. The van der Waals surface area contributed by atoms with E-state index in [4.69, 9.17) is 4.74 Å². The van der Waals surface area contributed by atoms with E-state index in [1.165, 1.54) is 4.31 Å². The van der Waals surface area contributed by atoms with Crippen molar-refractivity contribution in [3.8, 4) is 11.1 Å². The molecule has 29 heavy (non-hydrogen) atoms. The Bertz CT molecular complexity index is 1070. The zero-order valence-corrected chi connectivity index (χ0v) is 16.8. The minimum absolute atomic E-state index is 0.0161. The summed E-state index contributed by atoms with van der Waals surface area (Å²) >= 11 is 0. The fourth-order valence-corrected chi connectivity index (χ4v) is 5.00. The van der Waals surface area contributed by atoms with Crippen molar-refractivity contribution in [3.05, 3.63) is 90.0 Å². The van der Waals surface area contributed by atoms with Crippen molar-refractivity contribution < 1.29 is 17.5 Å². The Kier molecular flexibility index (Phi) is 5.50. The molecule has 0 N–H and O–H groups in total. The smallest absolute Gasteiger partial charge is 0.245 e. The van der Waals surface area contributed by atoms with Crippen LogP contribution in [0.15, 0.2) is 83.8 Å². The molecule has 0 aromatic heterocycles. The van der Waals surface area contributed by atoms with Gasteiger partial charge in [-0.05, 0) is 35.7 Å². The molecule has 0 saturated carbocycles. The number of ether oxygens (including phenoxy) is 1. The Morgan fingerprint density at radius 3 is 2.17 bits per heavy atom. The molecular weight excluding hydrogens is 389 g/mol. The molecule has 0 aliphatic carbocycles. The molecule has 0 radical (unpaired) electrons. The summed E-state index contributed by atoms with van der Waals surface area (Å²) in [6, 6.07) is 24.1. The summed E-state index contributed by atoms with van der Waals surface area (Å²) in [5.41, 5.74) is 3.73. The average Bonchev–Trinajstić information content (AvgIpc) is 3.20. The molecule has 1 saturated heterocycles. The van der Waals surface area contributed by atoms with Crippen LogP contribution in [0.1, 0.15) is 17.4 Å². The predicted octanol–water partition coefficient (Wildman–Crippen LogP) is 4.72. The first-order chi connectivity index (χ1) is 14.0. The van der Waals surface area contributed by atoms with Crippen LogP contribution in [0.5, 0.6) is 0 Å². The second-order valence-corrected chi connectivity index (χ2v) is 9.03. The maximum absolute atomic E-state index is 13.3. The van der Waals surface area contributed by atoms with Gasteiger partial charge in [-0.3, -0.25) is 0 Å². The van der Waals surface area contributed by atoms with Crippen LogP contribution in [0.25, 0.3) is 11.1 Å². The highest BCUT2D eigenvalue weighted by Gasteiger charge is 2.42. The minimum Gasteiger partial charge on any atom is -0.350 e. The maximum Gasteiger partial charge on any atom is 0.245 e. The lowest BCUT2D eigenvalue weighted by atomic mass is 10.0. The van der Waals surface area contributed by atoms with E-state index in [-0.39, 0.29) is 11.4 Å². The van der Waals surface area contributed by atoms with E-state index in [0.717, 1.165) is 16.7 Å². The van der Waals surface area contributed by atoms with Gasteiger partial charge >= 0.3 is 0 Å². The molecule has 6 heteroatoms. The fraction of sp³-hybridized carbons (Fsp3) is 0.217. The van der Waals surface area contributed by atoms with Crippen molar-refractivity contribution in [2.45, 2.75) is 24.2 Å². The van der Waals surface area contributed by atoms with Gasteiger partial charge in [0.05, 0.1) is 4.90 Å². The highest BCUT2D eigenvalue weighted by molar-refractivity contribution is 7.89. The van der Waals surface area contributed by atoms with Crippen molar-refractivity contribution in [1.82, 2.24) is 4.31 Å². The van der Waals surface area contributed by atoms with Crippen molar-refractivity contribution in [2.75, 3.05) is 13.2 Å². The Hall–Kier alpha value is -2.54. The van der Waals surface area contributed by atoms with Gasteiger partial charge in [0.1, 0.15) is 12.8 Å². The highest BCUT2D eigenvalue weighted by Crippen LogP contribution is 2.36. The second kappa shape index (κ2) is 8.06. The minimum atomic E-state index is -3.82. The number of halogens is 1. The van der Waals surface area contributed by atoms with Crippen molar-refractivity contribution in [1.29, 1.82) is 0 Å². The molecule has 150 valence electrons. The Balaban J connectivity index is 1.66. The van der Waals surface area contributed by atoms with Gasteiger partial charge in [0.2, 0.25) is 10.0 Å². The lowest BCUT2D eigenvalue weighted by Gasteiger charge is -2.23. The van der Waals surface area contributed by atoms with Crippen LogP contribution < -0.4 is 0 Å². The molecular formula is C23H22FNO3S. The average molecular weight is 411 g/mol. The molecule has 1 heterocycles. The molecule has 4 nitrogen and oxygen atoms in total. The van der Waals surface area contributed by atoms with E-state index >= 15 is 0 Å². The highest BCUT2D eigenvalue weighted by atomic mass is 32.2. The first-order valence-corrected chi connectivity index (χ1v) is 10.9. The third-order valence-corrected chi connectivity index (χ3v) is 6.90. The van der Waals surface area contributed by atoms with Gasteiger partial charge in [-0.25, -0.2) is 12.8 Å². The fourth-order valence-electron chi connectivity index (χ4n) is 3.46. The molecule has 0 spiro atoms. The summed E-state index contributed by atoms with van der Waals surface area (Å²) in [6.07, 6.45) is -1.64. The van der Waals surface area contributed by atoms with E-state index in [1.54, 1.807) is 24.3 Å². The number of rotatable bonds is 5. The molecule has 0 amide bonds. The van der Waals surface area contributed by atoms with E-state index in [1.807, 2.05) is 61.5 Å². The van der Waals surface area contributed by atoms with E-state index in [9.17, 15) is 12.8 Å². The molecule has 3 aromatic rings. The number of alkyl halides is 1. The SMILES string of the molecule is Cc1ccc(S(=O)(=O)N2CC(CF)OC2c2ccc(-c3ccccc3)cc2)cc1. The molecule has 4 rings (SSSR count). The normalized spacial score (nSPS) is 20.1. The Labute approximate surface area is 170 Å². The van der Waals surface area contributed by atoms with Crippen LogP contribution >= 0.6 is 0 Å². The lowest BCUT2D eigenvalue weighted by molar-refractivity contribution is 0.0109. The van der Waals surface area contributed by atoms with Crippen molar-refractivity contribution in [2.24, 2.45) is 0 Å². The summed E-state index contributed by atoms with van der Waals surface area (Å²) in [6.45, 7) is 1.14. The van der Waals surface area contributed by atoms with Gasteiger partial charge in [-0.1, -0.05) is 72.3 Å². The van der Waals surface area contributed by atoms with Crippen molar-refractivity contribution in [3.63, 3.8) is 0 Å². The number of hydrogen-bond acceptors (Lipinski definition) is 3. The quantitative estimate of drug-likeness (QED) is 0.610. The van der Waals surface area contributed by atoms with Gasteiger partial charge in [0.15, 0.2) is 6.23 Å². The van der Waals surface area contributed by atoms with Gasteiger partial charge < -0.3 is 4.74 Å². The third kappa shape index (κ3) is 3.96. The molecule has 1 aliphatic heterocycles. The largest absolute Gasteiger partial charge is 0.350 e. The number of aryl methyl sites for hydroxylation is 1. The molecule has 1 aliphatic rings. The van der Waals surface area contributed by atoms with Crippen LogP contribution in [-0.4, -0.2) is 32.0 Å². The van der Waals surface area contributed by atoms with Gasteiger partial charge in [-0.15, -0.1) is 0 Å². The lowest BCUT2D eigenvalue weighted by Crippen LogP contribution is -2.32. The first kappa shape index (κ1) is 19.8. The second-order valence-electron chi connectivity index (χ2n) is 7.14. The van der Waals surface area contributed by atoms with E-state index in [2.05, 4.69) is 0 Å².